The Hall–Kier alpha value is -0.320. The zero-order valence-corrected chi connectivity index (χ0v) is 13.0. The SMILES string of the molecule is CCCCCOCC(=O)N(C)CC(C)(C)CN.Cl. The van der Waals surface area contributed by atoms with Gasteiger partial charge < -0.3 is 15.4 Å². The summed E-state index contributed by atoms with van der Waals surface area (Å²) in [6, 6.07) is 0. The number of nitrogens with two attached hydrogens (primary N) is 1. The van der Waals surface area contributed by atoms with E-state index >= 15 is 0 Å². The number of halogens is 1. The molecule has 0 rings (SSSR count). The molecule has 0 unspecified atom stereocenters. The Bertz CT molecular complexity index is 223. The highest BCUT2D eigenvalue weighted by atomic mass is 35.5. The summed E-state index contributed by atoms with van der Waals surface area (Å²) in [4.78, 5) is 13.4. The minimum atomic E-state index is -0.0351. The van der Waals surface area contributed by atoms with Gasteiger partial charge in [-0.25, -0.2) is 0 Å². The number of hydrogen-bond donors (Lipinski definition) is 1. The van der Waals surface area contributed by atoms with Crippen molar-refractivity contribution >= 4 is 18.3 Å². The maximum Gasteiger partial charge on any atom is 0.248 e. The number of likely N-dealkylation sites (N-methyl/N-ethyl adjacent to an activating group) is 1. The summed E-state index contributed by atoms with van der Waals surface area (Å²) in [5.41, 5.74) is 5.61. The zero-order chi connectivity index (χ0) is 13.3. The van der Waals surface area contributed by atoms with Gasteiger partial charge in [-0.3, -0.25) is 4.79 Å². The van der Waals surface area contributed by atoms with Crippen LogP contribution >= 0.6 is 12.4 Å². The summed E-state index contributed by atoms with van der Waals surface area (Å²) >= 11 is 0. The van der Waals surface area contributed by atoms with Gasteiger partial charge in [0.2, 0.25) is 5.91 Å². The standard InChI is InChI=1S/C13H28N2O2.ClH/c1-5-6-7-8-17-9-12(16)15(4)11-13(2,3)10-14;/h5-11,14H2,1-4H3;1H. The molecule has 0 aromatic rings. The highest BCUT2D eigenvalue weighted by Crippen LogP contribution is 2.13. The third-order valence-electron chi connectivity index (χ3n) is 2.76. The monoisotopic (exact) mass is 280 g/mol. The molecule has 2 N–H and O–H groups in total. The number of rotatable bonds is 9. The molecule has 0 aliphatic heterocycles. The van der Waals surface area contributed by atoms with Crippen molar-refractivity contribution in [2.24, 2.45) is 11.1 Å². The molecule has 0 atom stereocenters. The molecule has 0 spiro atoms. The average Bonchev–Trinajstić information content (AvgIpc) is 2.28. The molecule has 1 amide bonds. The van der Waals surface area contributed by atoms with E-state index in [1.54, 1.807) is 11.9 Å². The van der Waals surface area contributed by atoms with E-state index in [4.69, 9.17) is 10.5 Å². The number of ether oxygens (including phenoxy) is 1. The second-order valence-corrected chi connectivity index (χ2v) is 5.38. The summed E-state index contributed by atoms with van der Waals surface area (Å²) in [5.74, 6) is 0.0306. The van der Waals surface area contributed by atoms with Crippen LogP contribution in [0.5, 0.6) is 0 Å². The number of nitrogens with zero attached hydrogens (tertiary/aromatic N) is 1. The van der Waals surface area contributed by atoms with Gasteiger partial charge >= 0.3 is 0 Å². The molecule has 0 radical (unpaired) electrons. The van der Waals surface area contributed by atoms with E-state index in [0.29, 0.717) is 19.7 Å². The normalized spacial score (nSPS) is 10.9. The Morgan fingerprint density at radius 3 is 2.44 bits per heavy atom. The first-order chi connectivity index (χ1) is 7.93. The van der Waals surface area contributed by atoms with Gasteiger partial charge in [-0.05, 0) is 18.4 Å². The smallest absolute Gasteiger partial charge is 0.248 e. The lowest BCUT2D eigenvalue weighted by molar-refractivity contribution is -0.136. The van der Waals surface area contributed by atoms with E-state index < -0.39 is 0 Å². The molecule has 0 aliphatic rings. The third-order valence-corrected chi connectivity index (χ3v) is 2.76. The quantitative estimate of drug-likeness (QED) is 0.658. The van der Waals surface area contributed by atoms with Crippen LogP contribution in [0.4, 0.5) is 0 Å². The molecule has 0 saturated heterocycles. The molecule has 0 heterocycles. The predicted molar refractivity (Wildman–Crippen MR) is 78.1 cm³/mol. The van der Waals surface area contributed by atoms with Crippen molar-refractivity contribution in [3.05, 3.63) is 0 Å². The summed E-state index contributed by atoms with van der Waals surface area (Å²) in [6.07, 6.45) is 3.36. The molecule has 5 heteroatoms. The Morgan fingerprint density at radius 2 is 1.94 bits per heavy atom. The number of unbranched alkanes of at least 4 members (excludes halogenated alkanes) is 2. The number of carbonyl (C=O) groups is 1. The number of hydrogen-bond acceptors (Lipinski definition) is 3. The van der Waals surface area contributed by atoms with Crippen molar-refractivity contribution in [3.8, 4) is 0 Å². The van der Waals surface area contributed by atoms with Gasteiger partial charge in [-0.1, -0.05) is 33.6 Å². The minimum absolute atomic E-state index is 0. The lowest BCUT2D eigenvalue weighted by atomic mass is 9.93. The van der Waals surface area contributed by atoms with Gasteiger partial charge in [0.25, 0.3) is 0 Å². The summed E-state index contributed by atoms with van der Waals surface area (Å²) in [5, 5.41) is 0. The fourth-order valence-corrected chi connectivity index (χ4v) is 1.52. The molecule has 0 aromatic carbocycles. The largest absolute Gasteiger partial charge is 0.372 e. The molecule has 4 nitrogen and oxygen atoms in total. The Labute approximate surface area is 118 Å². The van der Waals surface area contributed by atoms with Gasteiger partial charge in [0, 0.05) is 20.2 Å². The molecule has 0 aromatic heterocycles. The minimum Gasteiger partial charge on any atom is -0.372 e. The first-order valence-electron chi connectivity index (χ1n) is 6.44. The summed E-state index contributed by atoms with van der Waals surface area (Å²) in [6.45, 7) is 8.35. The van der Waals surface area contributed by atoms with E-state index in [1.165, 1.54) is 6.42 Å². The lowest BCUT2D eigenvalue weighted by Gasteiger charge is -2.29. The van der Waals surface area contributed by atoms with E-state index in [1.807, 2.05) is 0 Å². The van der Waals surface area contributed by atoms with Crippen molar-refractivity contribution in [1.29, 1.82) is 0 Å². The Kier molecular flexibility index (Phi) is 11.8. The highest BCUT2D eigenvalue weighted by Gasteiger charge is 2.20. The van der Waals surface area contributed by atoms with Crippen LogP contribution in [0.1, 0.15) is 40.0 Å². The van der Waals surface area contributed by atoms with Crippen molar-refractivity contribution in [2.75, 3.05) is 33.4 Å². The van der Waals surface area contributed by atoms with Crippen LogP contribution in [-0.4, -0.2) is 44.2 Å². The second kappa shape index (κ2) is 10.6. The first kappa shape index (κ1) is 20.0. The van der Waals surface area contributed by atoms with E-state index in [-0.39, 0.29) is 30.3 Å². The van der Waals surface area contributed by atoms with Gasteiger partial charge in [0.15, 0.2) is 0 Å². The number of amides is 1. The van der Waals surface area contributed by atoms with Crippen LogP contribution in [0, 0.1) is 5.41 Å². The van der Waals surface area contributed by atoms with Crippen LogP contribution in [0.3, 0.4) is 0 Å². The highest BCUT2D eigenvalue weighted by molar-refractivity contribution is 5.85. The van der Waals surface area contributed by atoms with Gasteiger partial charge in [-0.2, -0.15) is 0 Å². The van der Waals surface area contributed by atoms with E-state index in [9.17, 15) is 4.79 Å². The maximum absolute atomic E-state index is 11.7. The van der Waals surface area contributed by atoms with Crippen molar-refractivity contribution in [2.45, 2.75) is 40.0 Å². The molecule has 18 heavy (non-hydrogen) atoms. The van der Waals surface area contributed by atoms with Gasteiger partial charge in [0.1, 0.15) is 6.61 Å². The Morgan fingerprint density at radius 1 is 1.33 bits per heavy atom. The average molecular weight is 281 g/mol. The van der Waals surface area contributed by atoms with Crippen LogP contribution in [0.15, 0.2) is 0 Å². The second-order valence-electron chi connectivity index (χ2n) is 5.38. The molecular formula is C13H29ClN2O2. The van der Waals surface area contributed by atoms with Gasteiger partial charge in [0.05, 0.1) is 0 Å². The van der Waals surface area contributed by atoms with Crippen LogP contribution in [0.25, 0.3) is 0 Å². The fraction of sp³-hybridized carbons (Fsp3) is 0.923. The molecular weight excluding hydrogens is 252 g/mol. The maximum atomic E-state index is 11.7. The van der Waals surface area contributed by atoms with Crippen LogP contribution < -0.4 is 5.73 Å². The van der Waals surface area contributed by atoms with Crippen molar-refractivity contribution < 1.29 is 9.53 Å². The number of carbonyl (C=O) groups excluding carboxylic acids is 1. The van der Waals surface area contributed by atoms with Gasteiger partial charge in [-0.15, -0.1) is 12.4 Å². The molecule has 0 aliphatic carbocycles. The van der Waals surface area contributed by atoms with E-state index in [2.05, 4.69) is 20.8 Å². The first-order valence-corrected chi connectivity index (χ1v) is 6.44. The Balaban J connectivity index is 0. The van der Waals surface area contributed by atoms with Crippen LogP contribution in [0.2, 0.25) is 0 Å². The topological polar surface area (TPSA) is 55.6 Å². The molecule has 0 fully saturated rings. The summed E-state index contributed by atoms with van der Waals surface area (Å²) < 4.78 is 5.34. The van der Waals surface area contributed by atoms with Crippen molar-refractivity contribution in [3.63, 3.8) is 0 Å². The van der Waals surface area contributed by atoms with Crippen molar-refractivity contribution in [1.82, 2.24) is 4.90 Å². The molecule has 0 saturated carbocycles. The van der Waals surface area contributed by atoms with Crippen LogP contribution in [-0.2, 0) is 9.53 Å². The fourth-order valence-electron chi connectivity index (χ4n) is 1.52. The molecule has 0 bridgehead atoms. The van der Waals surface area contributed by atoms with E-state index in [0.717, 1.165) is 12.8 Å². The lowest BCUT2D eigenvalue weighted by Crippen LogP contribution is -2.41. The third kappa shape index (κ3) is 9.68. The summed E-state index contributed by atoms with van der Waals surface area (Å²) in [7, 11) is 1.80. The molecule has 110 valence electrons. The zero-order valence-electron chi connectivity index (χ0n) is 12.2. The predicted octanol–water partition coefficient (Wildman–Crippen LogP) is 2.06.